The maximum Gasteiger partial charge on any atom is 0.341 e. The van der Waals surface area contributed by atoms with Gasteiger partial charge in [0.05, 0.1) is 12.7 Å². The molecule has 2 atom stereocenters. The lowest BCUT2D eigenvalue weighted by atomic mass is 10.1. The summed E-state index contributed by atoms with van der Waals surface area (Å²) >= 11 is 0. The molecule has 0 aliphatic carbocycles. The van der Waals surface area contributed by atoms with Crippen molar-refractivity contribution < 1.29 is 28.9 Å². The smallest absolute Gasteiger partial charge is 0.341 e. The second kappa shape index (κ2) is 9.39. The number of nitrogens with zero attached hydrogens (tertiary/aromatic N) is 1. The maximum absolute atomic E-state index is 12.5. The van der Waals surface area contributed by atoms with Crippen LogP contribution in [0.2, 0.25) is 0 Å². The zero-order valence-electron chi connectivity index (χ0n) is 14.6. The summed E-state index contributed by atoms with van der Waals surface area (Å²) in [4.78, 5) is 24.5. The number of ether oxygens (including phenoxy) is 3. The predicted molar refractivity (Wildman–Crippen MR) is 92.0 cm³/mol. The van der Waals surface area contributed by atoms with E-state index in [4.69, 9.17) is 19.3 Å². The number of amides is 1. The predicted octanol–water partition coefficient (Wildman–Crippen LogP) is 2.09. The van der Waals surface area contributed by atoms with Gasteiger partial charge >= 0.3 is 5.97 Å². The largest absolute Gasteiger partial charge is 0.482 e. The quantitative estimate of drug-likeness (QED) is 0.772. The van der Waals surface area contributed by atoms with E-state index in [-0.39, 0.29) is 12.0 Å². The third-order valence-corrected chi connectivity index (χ3v) is 4.07. The van der Waals surface area contributed by atoms with Crippen LogP contribution in [-0.4, -0.2) is 56.1 Å². The van der Waals surface area contributed by atoms with Crippen molar-refractivity contribution in [1.29, 1.82) is 0 Å². The minimum absolute atomic E-state index is 0.0694. The summed E-state index contributed by atoms with van der Waals surface area (Å²) in [5.41, 5.74) is 0.678. The number of rotatable bonds is 8. The lowest BCUT2D eigenvalue weighted by Gasteiger charge is -2.26. The highest BCUT2D eigenvalue weighted by atomic mass is 16.5. The number of carboxylic acid groups (broad SMARTS) is 1. The Morgan fingerprint density at radius 2 is 2.04 bits per heavy atom. The van der Waals surface area contributed by atoms with Crippen molar-refractivity contribution in [3.05, 3.63) is 24.3 Å². The summed E-state index contributed by atoms with van der Waals surface area (Å²) in [7, 11) is 1.67. The number of carbonyl (C=O) groups is 2. The van der Waals surface area contributed by atoms with Crippen LogP contribution in [0.5, 0.6) is 5.75 Å². The molecule has 7 heteroatoms. The average molecular weight is 351 g/mol. The van der Waals surface area contributed by atoms with Crippen molar-refractivity contribution >= 4 is 17.6 Å². The van der Waals surface area contributed by atoms with Gasteiger partial charge in [0.1, 0.15) is 11.9 Å². The number of hydrogen-bond acceptors (Lipinski definition) is 5. The molecule has 138 valence electrons. The topological polar surface area (TPSA) is 85.3 Å². The van der Waals surface area contributed by atoms with Crippen LogP contribution in [0.25, 0.3) is 0 Å². The van der Waals surface area contributed by atoms with Gasteiger partial charge in [-0.25, -0.2) is 4.79 Å². The van der Waals surface area contributed by atoms with E-state index in [0.29, 0.717) is 18.0 Å². The summed E-state index contributed by atoms with van der Waals surface area (Å²) in [6.07, 6.45) is 2.68. The van der Waals surface area contributed by atoms with Gasteiger partial charge in [-0.05, 0) is 50.5 Å². The zero-order valence-corrected chi connectivity index (χ0v) is 14.6. The van der Waals surface area contributed by atoms with Gasteiger partial charge in [-0.15, -0.1) is 0 Å². The summed E-state index contributed by atoms with van der Waals surface area (Å²) in [5.74, 6) is -0.759. The highest BCUT2D eigenvalue weighted by Crippen LogP contribution is 2.20. The molecule has 0 aromatic heterocycles. The molecule has 1 amide bonds. The molecule has 0 bridgehead atoms. The lowest BCUT2D eigenvalue weighted by Crippen LogP contribution is -2.38. The molecule has 0 radical (unpaired) electrons. The highest BCUT2D eigenvalue weighted by Gasteiger charge is 2.22. The van der Waals surface area contributed by atoms with Gasteiger partial charge in [-0.2, -0.15) is 0 Å². The van der Waals surface area contributed by atoms with Crippen molar-refractivity contribution in [2.24, 2.45) is 0 Å². The van der Waals surface area contributed by atoms with Crippen molar-refractivity contribution in [2.45, 2.75) is 38.4 Å². The van der Waals surface area contributed by atoms with Gasteiger partial charge in [0.15, 0.2) is 6.61 Å². The van der Waals surface area contributed by atoms with E-state index in [0.717, 1.165) is 25.9 Å². The molecule has 25 heavy (non-hydrogen) atoms. The third-order valence-electron chi connectivity index (χ3n) is 4.07. The van der Waals surface area contributed by atoms with E-state index in [1.165, 1.54) is 4.90 Å². The van der Waals surface area contributed by atoms with Gasteiger partial charge in [0.2, 0.25) is 0 Å². The van der Waals surface area contributed by atoms with E-state index in [1.54, 1.807) is 38.2 Å². The third kappa shape index (κ3) is 6.03. The first-order chi connectivity index (χ1) is 12.0. The Kier molecular flexibility index (Phi) is 7.21. The first-order valence-electron chi connectivity index (χ1n) is 8.43. The Hall–Kier alpha value is -2.12. The van der Waals surface area contributed by atoms with E-state index in [1.807, 2.05) is 0 Å². The van der Waals surface area contributed by atoms with Crippen LogP contribution in [-0.2, 0) is 19.1 Å². The Morgan fingerprint density at radius 1 is 1.32 bits per heavy atom. The summed E-state index contributed by atoms with van der Waals surface area (Å²) in [6, 6.07) is 6.66. The lowest BCUT2D eigenvalue weighted by molar-refractivity contribution is -0.139. The molecule has 2 rings (SSSR count). The molecule has 1 aliphatic rings. The molecular formula is C18H25NO6. The van der Waals surface area contributed by atoms with Crippen LogP contribution < -0.4 is 9.64 Å². The molecule has 1 aliphatic heterocycles. The fourth-order valence-electron chi connectivity index (χ4n) is 2.57. The molecule has 1 heterocycles. The van der Waals surface area contributed by atoms with Gasteiger partial charge in [0.25, 0.3) is 5.91 Å². The zero-order chi connectivity index (χ0) is 18.2. The molecule has 1 fully saturated rings. The molecule has 0 spiro atoms. The first-order valence-corrected chi connectivity index (χ1v) is 8.43. The number of carboxylic acids is 1. The molecular weight excluding hydrogens is 326 g/mol. The SMILES string of the molecule is CC(OCC1CCCCO1)C(=O)N(C)c1ccc(OCC(=O)O)cc1. The average Bonchev–Trinajstić information content (AvgIpc) is 2.64. The van der Waals surface area contributed by atoms with Crippen molar-refractivity contribution in [3.63, 3.8) is 0 Å². The summed E-state index contributed by atoms with van der Waals surface area (Å²) in [6.45, 7) is 2.50. The van der Waals surface area contributed by atoms with Gasteiger partial charge < -0.3 is 24.2 Å². The molecule has 1 aromatic carbocycles. The van der Waals surface area contributed by atoms with E-state index in [2.05, 4.69) is 0 Å². The van der Waals surface area contributed by atoms with Gasteiger partial charge in [-0.3, -0.25) is 4.79 Å². The second-order valence-corrected chi connectivity index (χ2v) is 6.04. The molecule has 7 nitrogen and oxygen atoms in total. The van der Waals surface area contributed by atoms with Crippen LogP contribution >= 0.6 is 0 Å². The highest BCUT2D eigenvalue weighted by molar-refractivity contribution is 5.95. The number of hydrogen-bond donors (Lipinski definition) is 1. The minimum atomic E-state index is -1.04. The molecule has 1 N–H and O–H groups in total. The summed E-state index contributed by atoms with van der Waals surface area (Å²) in [5, 5.41) is 8.60. The number of likely N-dealkylation sites (N-methyl/N-ethyl adjacent to an activating group) is 1. The normalized spacial score (nSPS) is 18.4. The molecule has 1 saturated heterocycles. The molecule has 2 unspecified atom stereocenters. The van der Waals surface area contributed by atoms with Crippen LogP contribution in [0.15, 0.2) is 24.3 Å². The summed E-state index contributed by atoms with van der Waals surface area (Å²) < 4.78 is 16.3. The fourth-order valence-corrected chi connectivity index (χ4v) is 2.57. The van der Waals surface area contributed by atoms with Crippen LogP contribution in [0.1, 0.15) is 26.2 Å². The molecule has 1 aromatic rings. The minimum Gasteiger partial charge on any atom is -0.482 e. The van der Waals surface area contributed by atoms with Crippen molar-refractivity contribution in [1.82, 2.24) is 0 Å². The van der Waals surface area contributed by atoms with E-state index >= 15 is 0 Å². The number of anilines is 1. The Balaban J connectivity index is 1.84. The van der Waals surface area contributed by atoms with E-state index in [9.17, 15) is 9.59 Å². The monoisotopic (exact) mass is 351 g/mol. The maximum atomic E-state index is 12.5. The number of carbonyl (C=O) groups excluding carboxylic acids is 1. The fraction of sp³-hybridized carbons (Fsp3) is 0.556. The Labute approximate surface area is 147 Å². The standard InChI is InChI=1S/C18H25NO6/c1-13(24-11-16-5-3-4-10-23-16)18(22)19(2)14-6-8-15(9-7-14)25-12-17(20)21/h6-9,13,16H,3-5,10-12H2,1-2H3,(H,20,21). The van der Waals surface area contributed by atoms with Crippen LogP contribution in [0.4, 0.5) is 5.69 Å². The number of benzene rings is 1. The Morgan fingerprint density at radius 3 is 2.64 bits per heavy atom. The Bertz CT molecular complexity index is 567. The van der Waals surface area contributed by atoms with Crippen molar-refractivity contribution in [2.75, 3.05) is 31.8 Å². The van der Waals surface area contributed by atoms with Gasteiger partial charge in [-0.1, -0.05) is 0 Å². The van der Waals surface area contributed by atoms with E-state index < -0.39 is 18.7 Å². The first kappa shape index (κ1) is 19.2. The van der Waals surface area contributed by atoms with Crippen LogP contribution in [0, 0.1) is 0 Å². The molecule has 0 saturated carbocycles. The second-order valence-electron chi connectivity index (χ2n) is 6.04. The van der Waals surface area contributed by atoms with Crippen molar-refractivity contribution in [3.8, 4) is 5.75 Å². The van der Waals surface area contributed by atoms with Crippen LogP contribution in [0.3, 0.4) is 0 Å². The van der Waals surface area contributed by atoms with Gasteiger partial charge in [0, 0.05) is 19.3 Å². The number of aliphatic carboxylic acids is 1.